The first-order valence-corrected chi connectivity index (χ1v) is 7.67. The molecule has 1 aliphatic rings. The lowest BCUT2D eigenvalue weighted by atomic mass is 9.96. The van der Waals surface area contributed by atoms with E-state index < -0.39 is 0 Å². The molecule has 19 heavy (non-hydrogen) atoms. The van der Waals surface area contributed by atoms with E-state index in [1.807, 2.05) is 6.07 Å². The second-order valence-electron chi connectivity index (χ2n) is 5.52. The minimum absolute atomic E-state index is 0.0754. The van der Waals surface area contributed by atoms with Crippen molar-refractivity contribution in [2.75, 3.05) is 13.2 Å². The summed E-state index contributed by atoms with van der Waals surface area (Å²) in [5.74, 6) is 0. The van der Waals surface area contributed by atoms with Gasteiger partial charge in [-0.3, -0.25) is 4.90 Å². The van der Waals surface area contributed by atoms with E-state index in [1.165, 1.54) is 5.56 Å². The summed E-state index contributed by atoms with van der Waals surface area (Å²) in [6.45, 7) is 8.11. The van der Waals surface area contributed by atoms with Crippen molar-refractivity contribution in [3.8, 4) is 0 Å². The molecule has 2 rings (SSSR count). The van der Waals surface area contributed by atoms with Gasteiger partial charge in [0, 0.05) is 23.1 Å². The van der Waals surface area contributed by atoms with Gasteiger partial charge in [0.15, 0.2) is 0 Å². The quantitative estimate of drug-likeness (QED) is 0.928. The highest BCUT2D eigenvalue weighted by atomic mass is 79.9. The summed E-state index contributed by atoms with van der Waals surface area (Å²) in [5.41, 5.74) is 7.54. The maximum absolute atomic E-state index is 6.27. The Kier molecular flexibility index (Phi) is 5.01. The molecule has 1 saturated heterocycles. The van der Waals surface area contributed by atoms with Crippen LogP contribution in [0, 0.1) is 0 Å². The molecular formula is C15H23BrN2O. The van der Waals surface area contributed by atoms with Gasteiger partial charge in [0.2, 0.25) is 0 Å². The van der Waals surface area contributed by atoms with Gasteiger partial charge in [-0.2, -0.15) is 0 Å². The molecule has 0 saturated carbocycles. The van der Waals surface area contributed by atoms with Gasteiger partial charge in [0.05, 0.1) is 18.8 Å². The van der Waals surface area contributed by atoms with Crippen molar-refractivity contribution in [1.29, 1.82) is 0 Å². The van der Waals surface area contributed by atoms with Gasteiger partial charge < -0.3 is 10.5 Å². The van der Waals surface area contributed by atoms with E-state index in [-0.39, 0.29) is 18.2 Å². The number of benzene rings is 1. The van der Waals surface area contributed by atoms with E-state index in [4.69, 9.17) is 10.5 Å². The Morgan fingerprint density at radius 2 is 2.05 bits per heavy atom. The van der Waals surface area contributed by atoms with Gasteiger partial charge in [-0.1, -0.05) is 34.1 Å². The smallest absolute Gasteiger partial charge is 0.0675 e. The van der Waals surface area contributed by atoms with Crippen LogP contribution in [0.15, 0.2) is 28.7 Å². The minimum Gasteiger partial charge on any atom is -0.376 e. The summed E-state index contributed by atoms with van der Waals surface area (Å²) < 4.78 is 6.85. The summed E-state index contributed by atoms with van der Waals surface area (Å²) in [5, 5.41) is 0. The zero-order valence-corrected chi connectivity index (χ0v) is 13.4. The number of nitrogens with zero attached hydrogens (tertiary/aromatic N) is 1. The van der Waals surface area contributed by atoms with Crippen LogP contribution in [0.25, 0.3) is 0 Å². The number of morpholine rings is 1. The highest BCUT2D eigenvalue weighted by molar-refractivity contribution is 9.10. The fraction of sp³-hybridized carbons (Fsp3) is 0.600. The highest BCUT2D eigenvalue weighted by Gasteiger charge is 2.33. The molecule has 0 aromatic heterocycles. The number of halogens is 1. The molecule has 0 spiro atoms. The van der Waals surface area contributed by atoms with Crippen molar-refractivity contribution >= 4 is 15.9 Å². The third-order valence-corrected chi connectivity index (χ3v) is 4.46. The van der Waals surface area contributed by atoms with Crippen LogP contribution >= 0.6 is 15.9 Å². The van der Waals surface area contributed by atoms with Gasteiger partial charge in [-0.15, -0.1) is 0 Å². The van der Waals surface area contributed by atoms with Crippen molar-refractivity contribution < 1.29 is 4.74 Å². The van der Waals surface area contributed by atoms with Crippen molar-refractivity contribution in [2.45, 2.75) is 45.0 Å². The normalized spacial score (nSPS) is 28.1. The third-order valence-electron chi connectivity index (χ3n) is 3.74. The van der Waals surface area contributed by atoms with E-state index in [1.54, 1.807) is 0 Å². The van der Waals surface area contributed by atoms with Crippen molar-refractivity contribution in [1.82, 2.24) is 4.90 Å². The molecule has 4 heteroatoms. The van der Waals surface area contributed by atoms with Crippen molar-refractivity contribution in [2.24, 2.45) is 5.73 Å². The van der Waals surface area contributed by atoms with Crippen LogP contribution in [-0.4, -0.2) is 36.2 Å². The first-order valence-electron chi connectivity index (χ1n) is 6.88. The summed E-state index contributed by atoms with van der Waals surface area (Å²) in [6, 6.07) is 9.04. The van der Waals surface area contributed by atoms with E-state index >= 15 is 0 Å². The van der Waals surface area contributed by atoms with Crippen molar-refractivity contribution in [3.05, 3.63) is 34.3 Å². The Morgan fingerprint density at radius 1 is 1.37 bits per heavy atom. The molecule has 0 radical (unpaired) electrons. The third kappa shape index (κ3) is 3.37. The molecule has 1 aromatic carbocycles. The average molecular weight is 327 g/mol. The zero-order chi connectivity index (χ0) is 14.0. The molecule has 1 aliphatic heterocycles. The Hall–Kier alpha value is -0.420. The number of nitrogens with two attached hydrogens (primary N) is 1. The predicted molar refractivity (Wildman–Crippen MR) is 82.1 cm³/mol. The minimum atomic E-state index is 0.0754. The summed E-state index contributed by atoms with van der Waals surface area (Å²) >= 11 is 3.65. The molecule has 4 unspecified atom stereocenters. The Bertz CT molecular complexity index is 424. The van der Waals surface area contributed by atoms with E-state index in [2.05, 4.69) is 59.8 Å². The largest absolute Gasteiger partial charge is 0.376 e. The molecule has 4 atom stereocenters. The fourth-order valence-electron chi connectivity index (χ4n) is 2.80. The number of ether oxygens (including phenoxy) is 1. The predicted octanol–water partition coefficient (Wildman–Crippen LogP) is 2.95. The number of hydrogen-bond donors (Lipinski definition) is 1. The van der Waals surface area contributed by atoms with Crippen LogP contribution in [0.5, 0.6) is 0 Å². The van der Waals surface area contributed by atoms with E-state index in [0.29, 0.717) is 6.04 Å². The monoisotopic (exact) mass is 326 g/mol. The highest BCUT2D eigenvalue weighted by Crippen LogP contribution is 2.32. The fourth-order valence-corrected chi connectivity index (χ4v) is 3.31. The van der Waals surface area contributed by atoms with Crippen LogP contribution in [0.1, 0.15) is 32.4 Å². The average Bonchev–Trinajstić information content (AvgIpc) is 2.36. The summed E-state index contributed by atoms with van der Waals surface area (Å²) in [4.78, 5) is 2.47. The molecule has 1 fully saturated rings. The molecule has 0 bridgehead atoms. The second-order valence-corrected chi connectivity index (χ2v) is 6.37. The van der Waals surface area contributed by atoms with Gasteiger partial charge in [0.25, 0.3) is 0 Å². The maximum Gasteiger partial charge on any atom is 0.0675 e. The number of hydrogen-bond acceptors (Lipinski definition) is 3. The van der Waals surface area contributed by atoms with Crippen LogP contribution in [0.3, 0.4) is 0 Å². The Morgan fingerprint density at radius 3 is 2.68 bits per heavy atom. The van der Waals surface area contributed by atoms with Gasteiger partial charge in [-0.05, 0) is 32.4 Å². The van der Waals surface area contributed by atoms with Gasteiger partial charge in [-0.25, -0.2) is 0 Å². The van der Waals surface area contributed by atoms with E-state index in [9.17, 15) is 0 Å². The molecule has 106 valence electrons. The lowest BCUT2D eigenvalue weighted by Gasteiger charge is -2.43. The standard InChI is InChI=1S/C15H23BrN2O/c1-10-9-19-11(2)8-18(10)15(12(3)17)13-6-4-5-7-14(13)16/h4-7,10-12,15H,8-9,17H2,1-3H3. The van der Waals surface area contributed by atoms with Crippen molar-refractivity contribution in [3.63, 3.8) is 0 Å². The lowest BCUT2D eigenvalue weighted by molar-refractivity contribution is -0.0698. The molecule has 3 nitrogen and oxygen atoms in total. The molecule has 1 aromatic rings. The second kappa shape index (κ2) is 6.35. The maximum atomic E-state index is 6.27. The van der Waals surface area contributed by atoms with Crippen LogP contribution in [-0.2, 0) is 4.74 Å². The van der Waals surface area contributed by atoms with Gasteiger partial charge >= 0.3 is 0 Å². The summed E-state index contributed by atoms with van der Waals surface area (Å²) in [7, 11) is 0. The van der Waals surface area contributed by atoms with Crippen LogP contribution < -0.4 is 5.73 Å². The molecular weight excluding hydrogens is 304 g/mol. The molecule has 2 N–H and O–H groups in total. The Balaban J connectivity index is 2.32. The molecule has 1 heterocycles. The topological polar surface area (TPSA) is 38.5 Å². The first-order chi connectivity index (χ1) is 9.00. The van der Waals surface area contributed by atoms with Gasteiger partial charge in [0.1, 0.15) is 0 Å². The Labute approximate surface area is 124 Å². The summed E-state index contributed by atoms with van der Waals surface area (Å²) in [6.07, 6.45) is 0.264. The van der Waals surface area contributed by atoms with E-state index in [0.717, 1.165) is 17.6 Å². The molecule has 0 amide bonds. The first kappa shape index (κ1) is 15.0. The molecule has 0 aliphatic carbocycles. The lowest BCUT2D eigenvalue weighted by Crippen LogP contribution is -2.52. The van der Waals surface area contributed by atoms with Crippen LogP contribution in [0.2, 0.25) is 0 Å². The SMILES string of the molecule is CC1CN(C(c2ccccc2Br)C(C)N)C(C)CO1. The zero-order valence-electron chi connectivity index (χ0n) is 11.8. The van der Waals surface area contributed by atoms with Crippen LogP contribution in [0.4, 0.5) is 0 Å². The number of rotatable bonds is 3.